The predicted octanol–water partition coefficient (Wildman–Crippen LogP) is 1.30. The van der Waals surface area contributed by atoms with Crippen LogP contribution < -0.4 is 4.72 Å². The number of nitrogens with one attached hydrogen (secondary N) is 1. The highest BCUT2D eigenvalue weighted by Crippen LogP contribution is 2.18. The second kappa shape index (κ2) is 7.54. The van der Waals surface area contributed by atoms with Gasteiger partial charge in [0.25, 0.3) is 10.0 Å². The zero-order valence-electron chi connectivity index (χ0n) is 12.8. The number of nitrogens with zero attached hydrogens (tertiary/aromatic N) is 1. The average Bonchev–Trinajstić information content (AvgIpc) is 3.01. The standard InChI is InChI=1S/C14H22N2O4S2/c1-11(2)10-12(14(17)16-5-7-20-8-6-16)15-22(18,19)13-4-3-9-21-13/h3-4,9,11-12,15H,5-8,10H2,1-2H3/t12-/m0/s1. The van der Waals surface area contributed by atoms with E-state index in [1.165, 1.54) is 0 Å². The molecular formula is C14H22N2O4S2. The van der Waals surface area contributed by atoms with E-state index < -0.39 is 16.1 Å². The van der Waals surface area contributed by atoms with Crippen LogP contribution in [0.2, 0.25) is 0 Å². The molecule has 124 valence electrons. The molecule has 0 saturated carbocycles. The van der Waals surface area contributed by atoms with Crippen LogP contribution >= 0.6 is 11.3 Å². The first-order chi connectivity index (χ1) is 10.4. The molecule has 8 heteroatoms. The molecule has 0 aliphatic carbocycles. The molecular weight excluding hydrogens is 324 g/mol. The highest BCUT2D eigenvalue weighted by atomic mass is 32.2. The summed E-state index contributed by atoms with van der Waals surface area (Å²) >= 11 is 1.14. The molecule has 0 unspecified atom stereocenters. The molecule has 6 nitrogen and oxygen atoms in total. The summed E-state index contributed by atoms with van der Waals surface area (Å²) in [5, 5.41) is 1.70. The van der Waals surface area contributed by atoms with E-state index in [9.17, 15) is 13.2 Å². The van der Waals surface area contributed by atoms with Crippen molar-refractivity contribution in [3.8, 4) is 0 Å². The van der Waals surface area contributed by atoms with Gasteiger partial charge in [0.15, 0.2) is 0 Å². The van der Waals surface area contributed by atoms with Gasteiger partial charge in [0.05, 0.1) is 13.2 Å². The zero-order chi connectivity index (χ0) is 16.2. The fourth-order valence-corrected chi connectivity index (χ4v) is 4.55. The number of carbonyl (C=O) groups is 1. The number of rotatable bonds is 6. The van der Waals surface area contributed by atoms with Crippen molar-refractivity contribution in [1.82, 2.24) is 9.62 Å². The van der Waals surface area contributed by atoms with Crippen molar-refractivity contribution in [1.29, 1.82) is 0 Å². The Morgan fingerprint density at radius 2 is 2.09 bits per heavy atom. The van der Waals surface area contributed by atoms with E-state index in [0.29, 0.717) is 32.7 Å². The monoisotopic (exact) mass is 346 g/mol. The van der Waals surface area contributed by atoms with E-state index >= 15 is 0 Å². The summed E-state index contributed by atoms with van der Waals surface area (Å²) in [6.07, 6.45) is 0.473. The van der Waals surface area contributed by atoms with E-state index in [2.05, 4.69) is 4.72 Å². The van der Waals surface area contributed by atoms with E-state index in [-0.39, 0.29) is 16.0 Å². The first-order valence-corrected chi connectivity index (χ1v) is 9.69. The number of carbonyl (C=O) groups excluding carboxylic acids is 1. The molecule has 1 N–H and O–H groups in total. The maximum absolute atomic E-state index is 12.6. The van der Waals surface area contributed by atoms with E-state index in [1.807, 2.05) is 13.8 Å². The van der Waals surface area contributed by atoms with Gasteiger partial charge in [-0.25, -0.2) is 8.42 Å². The van der Waals surface area contributed by atoms with Gasteiger partial charge in [-0.2, -0.15) is 4.72 Å². The summed E-state index contributed by atoms with van der Waals surface area (Å²) in [5.74, 6) is 0.0400. The van der Waals surface area contributed by atoms with Gasteiger partial charge in [0, 0.05) is 13.1 Å². The first-order valence-electron chi connectivity index (χ1n) is 7.32. The van der Waals surface area contributed by atoms with Crippen LogP contribution in [-0.4, -0.2) is 51.6 Å². The summed E-state index contributed by atoms with van der Waals surface area (Å²) < 4.78 is 32.8. The third-order valence-electron chi connectivity index (χ3n) is 3.39. The first kappa shape index (κ1) is 17.4. The molecule has 1 aromatic rings. The molecule has 1 fully saturated rings. The van der Waals surface area contributed by atoms with Crippen LogP contribution in [0.1, 0.15) is 20.3 Å². The zero-order valence-corrected chi connectivity index (χ0v) is 14.5. The van der Waals surface area contributed by atoms with Crippen molar-refractivity contribution in [2.45, 2.75) is 30.5 Å². The Bertz CT molecular complexity index is 578. The number of ether oxygens (including phenoxy) is 1. The molecule has 1 amide bonds. The number of amides is 1. The number of hydrogen-bond acceptors (Lipinski definition) is 5. The molecule has 0 radical (unpaired) electrons. The molecule has 1 aromatic heterocycles. The minimum Gasteiger partial charge on any atom is -0.378 e. The van der Waals surface area contributed by atoms with Crippen molar-refractivity contribution in [2.75, 3.05) is 26.3 Å². The summed E-state index contributed by atoms with van der Waals surface area (Å²) in [5.41, 5.74) is 0. The lowest BCUT2D eigenvalue weighted by molar-refractivity contribution is -0.137. The Morgan fingerprint density at radius 1 is 1.41 bits per heavy atom. The van der Waals surface area contributed by atoms with Crippen molar-refractivity contribution in [3.63, 3.8) is 0 Å². The minimum atomic E-state index is -3.66. The minimum absolute atomic E-state index is 0.169. The molecule has 1 aliphatic heterocycles. The molecule has 1 aliphatic rings. The van der Waals surface area contributed by atoms with Gasteiger partial charge in [0.1, 0.15) is 10.3 Å². The third kappa shape index (κ3) is 4.52. The van der Waals surface area contributed by atoms with Crippen molar-refractivity contribution < 1.29 is 17.9 Å². The van der Waals surface area contributed by atoms with Gasteiger partial charge >= 0.3 is 0 Å². The second-order valence-electron chi connectivity index (χ2n) is 5.67. The van der Waals surface area contributed by atoms with Crippen LogP contribution in [0.25, 0.3) is 0 Å². The molecule has 1 atom stereocenters. The Kier molecular flexibility index (Phi) is 5.96. The average molecular weight is 346 g/mol. The SMILES string of the molecule is CC(C)C[C@H](NS(=O)(=O)c1cccs1)C(=O)N1CCOCC1. The molecule has 1 saturated heterocycles. The highest BCUT2D eigenvalue weighted by Gasteiger charge is 2.30. The summed E-state index contributed by atoms with van der Waals surface area (Å²) in [6.45, 7) is 5.95. The highest BCUT2D eigenvalue weighted by molar-refractivity contribution is 7.91. The van der Waals surface area contributed by atoms with Crippen molar-refractivity contribution in [2.24, 2.45) is 5.92 Å². The molecule has 22 heavy (non-hydrogen) atoms. The molecule has 0 bridgehead atoms. The van der Waals surface area contributed by atoms with E-state index in [4.69, 9.17) is 4.74 Å². The fraction of sp³-hybridized carbons (Fsp3) is 0.643. The van der Waals surface area contributed by atoms with Crippen LogP contribution in [0.4, 0.5) is 0 Å². The number of sulfonamides is 1. The van der Waals surface area contributed by atoms with Crippen LogP contribution in [0.15, 0.2) is 21.7 Å². The predicted molar refractivity (Wildman–Crippen MR) is 85.3 cm³/mol. The maximum atomic E-state index is 12.6. The third-order valence-corrected chi connectivity index (χ3v) is 6.25. The summed E-state index contributed by atoms with van der Waals surface area (Å²) in [6, 6.07) is 2.49. The van der Waals surface area contributed by atoms with Gasteiger partial charge in [-0.15, -0.1) is 11.3 Å². The van der Waals surface area contributed by atoms with Crippen molar-refractivity contribution >= 4 is 27.3 Å². The smallest absolute Gasteiger partial charge is 0.250 e. The van der Waals surface area contributed by atoms with Gasteiger partial charge in [-0.05, 0) is 23.8 Å². The Labute approximate surface area is 135 Å². The van der Waals surface area contributed by atoms with Gasteiger partial charge in [0.2, 0.25) is 5.91 Å². The number of thiophene rings is 1. The maximum Gasteiger partial charge on any atom is 0.250 e. The second-order valence-corrected chi connectivity index (χ2v) is 8.56. The van der Waals surface area contributed by atoms with Crippen LogP contribution in [-0.2, 0) is 19.6 Å². The normalized spacial score (nSPS) is 17.7. The topological polar surface area (TPSA) is 75.7 Å². The lowest BCUT2D eigenvalue weighted by Crippen LogP contribution is -2.52. The quantitative estimate of drug-likeness (QED) is 0.842. The number of morpholine rings is 1. The Hall–Kier alpha value is -0.960. The summed E-state index contributed by atoms with van der Waals surface area (Å²) in [7, 11) is -3.66. The lowest BCUT2D eigenvalue weighted by atomic mass is 10.0. The molecule has 0 aromatic carbocycles. The number of hydrogen-bond donors (Lipinski definition) is 1. The van der Waals surface area contributed by atoms with Crippen LogP contribution in [0.3, 0.4) is 0 Å². The lowest BCUT2D eigenvalue weighted by Gasteiger charge is -2.31. The van der Waals surface area contributed by atoms with Gasteiger partial charge in [-0.1, -0.05) is 19.9 Å². The van der Waals surface area contributed by atoms with Crippen LogP contribution in [0, 0.1) is 5.92 Å². The Morgan fingerprint density at radius 3 is 2.64 bits per heavy atom. The largest absolute Gasteiger partial charge is 0.378 e. The molecule has 0 spiro atoms. The van der Waals surface area contributed by atoms with E-state index in [0.717, 1.165) is 11.3 Å². The summed E-state index contributed by atoms with van der Waals surface area (Å²) in [4.78, 5) is 14.3. The van der Waals surface area contributed by atoms with Crippen molar-refractivity contribution in [3.05, 3.63) is 17.5 Å². The van der Waals surface area contributed by atoms with Crippen LogP contribution in [0.5, 0.6) is 0 Å². The van der Waals surface area contributed by atoms with E-state index in [1.54, 1.807) is 22.4 Å². The fourth-order valence-electron chi connectivity index (χ4n) is 2.34. The molecule has 2 heterocycles. The van der Waals surface area contributed by atoms with Gasteiger partial charge in [-0.3, -0.25) is 4.79 Å². The van der Waals surface area contributed by atoms with Gasteiger partial charge < -0.3 is 9.64 Å². The Balaban J connectivity index is 2.13. The molecule has 2 rings (SSSR count).